The molecule has 0 amide bonds. The molecule has 0 aliphatic heterocycles. The summed E-state index contributed by atoms with van der Waals surface area (Å²) in [5.41, 5.74) is -0.781. The van der Waals surface area contributed by atoms with E-state index in [0.717, 1.165) is 0 Å². The van der Waals surface area contributed by atoms with Gasteiger partial charge < -0.3 is 5.11 Å². The summed E-state index contributed by atoms with van der Waals surface area (Å²) in [4.78, 5) is 13.4. The molecule has 0 spiro atoms. The van der Waals surface area contributed by atoms with E-state index in [-0.39, 0.29) is 0 Å². The van der Waals surface area contributed by atoms with Gasteiger partial charge in [-0.25, -0.2) is 14.2 Å². The van der Waals surface area contributed by atoms with Crippen molar-refractivity contribution in [2.45, 2.75) is 0 Å². The van der Waals surface area contributed by atoms with Crippen molar-refractivity contribution < 1.29 is 18.4 Å². The van der Waals surface area contributed by atoms with Gasteiger partial charge in [-0.1, -0.05) is 0 Å². The molecule has 0 bridgehead atoms. The minimum atomic E-state index is -1.55. The Morgan fingerprint density at radius 3 is 3.10 bits per heavy atom. The Hall–Kier alpha value is -1.45. The van der Waals surface area contributed by atoms with Crippen molar-refractivity contribution in [3.05, 3.63) is 29.8 Å². The number of hydrogen-bond donors (Lipinski definition) is 1. The van der Waals surface area contributed by atoms with E-state index in [9.17, 15) is 9.18 Å². The molecule has 0 saturated carbocycles. The molecule has 1 heterocycles. The molecule has 1 rings (SSSR count). The smallest absolute Gasteiger partial charge is 0.354 e. The van der Waals surface area contributed by atoms with Crippen LogP contribution in [0.3, 0.4) is 0 Å². The summed E-state index contributed by atoms with van der Waals surface area (Å²) in [6.45, 7) is 0. The number of aromatic nitrogens is 1. The first-order chi connectivity index (χ1) is 5.95. The van der Waals surface area contributed by atoms with Gasteiger partial charge in [-0.05, 0) is 12.1 Å². The summed E-state index contributed by atoms with van der Waals surface area (Å²) in [6.07, 6.45) is -0.932. The fourth-order valence-electron chi connectivity index (χ4n) is 0.376. The molecule has 4 heteroatoms. The monoisotopic (exact) mass is 144 g/mol. The molecule has 10 heavy (non-hydrogen) atoms. The standard InChI is InChI=1S/C6H4FNO2/c7-4-1-2-5(6(9)10)8-3-4/h1-3H,(H,9,10)/i1D,2D,3D. The van der Waals surface area contributed by atoms with Crippen LogP contribution < -0.4 is 0 Å². The maximum Gasteiger partial charge on any atom is 0.354 e. The fourth-order valence-corrected chi connectivity index (χ4v) is 0.376. The van der Waals surface area contributed by atoms with E-state index in [1.54, 1.807) is 0 Å². The van der Waals surface area contributed by atoms with Crippen LogP contribution in [0.25, 0.3) is 0 Å². The van der Waals surface area contributed by atoms with Crippen LogP contribution in [0.2, 0.25) is 0 Å². The van der Waals surface area contributed by atoms with Crippen LogP contribution in [0, 0.1) is 5.82 Å². The lowest BCUT2D eigenvalue weighted by Crippen LogP contribution is -1.98. The van der Waals surface area contributed by atoms with Crippen LogP contribution in [0.5, 0.6) is 0 Å². The quantitative estimate of drug-likeness (QED) is 0.637. The summed E-state index contributed by atoms with van der Waals surface area (Å²) in [5, 5.41) is 8.43. The first-order valence-corrected chi connectivity index (χ1v) is 2.31. The molecule has 0 radical (unpaired) electrons. The minimum absolute atomic E-state index is 0.781. The van der Waals surface area contributed by atoms with Crippen LogP contribution in [0.4, 0.5) is 4.39 Å². The summed E-state index contributed by atoms with van der Waals surface area (Å²) in [7, 11) is 0. The van der Waals surface area contributed by atoms with E-state index in [4.69, 9.17) is 9.22 Å². The first kappa shape index (κ1) is 3.65. The van der Waals surface area contributed by atoms with Gasteiger partial charge in [-0.3, -0.25) is 0 Å². The van der Waals surface area contributed by atoms with Gasteiger partial charge in [0.2, 0.25) is 0 Å². The van der Waals surface area contributed by atoms with Crippen molar-refractivity contribution in [3.63, 3.8) is 0 Å². The third kappa shape index (κ3) is 1.28. The Morgan fingerprint density at radius 1 is 1.80 bits per heavy atom. The molecule has 52 valence electrons. The van der Waals surface area contributed by atoms with Crippen molar-refractivity contribution in [1.82, 2.24) is 4.98 Å². The van der Waals surface area contributed by atoms with Gasteiger partial charge in [-0.2, -0.15) is 0 Å². The summed E-state index contributed by atoms with van der Waals surface area (Å²) >= 11 is 0. The van der Waals surface area contributed by atoms with E-state index in [0.29, 0.717) is 0 Å². The lowest BCUT2D eigenvalue weighted by molar-refractivity contribution is 0.0690. The molecule has 0 aliphatic rings. The lowest BCUT2D eigenvalue weighted by Gasteiger charge is -1.89. The van der Waals surface area contributed by atoms with Gasteiger partial charge in [-0.15, -0.1) is 0 Å². The fraction of sp³-hybridized carbons (Fsp3) is 0. The third-order valence-corrected chi connectivity index (χ3v) is 0.759. The van der Waals surface area contributed by atoms with Gasteiger partial charge in [0, 0.05) is 0 Å². The highest BCUT2D eigenvalue weighted by molar-refractivity contribution is 5.85. The highest BCUT2D eigenvalue weighted by Crippen LogP contribution is 1.96. The Bertz CT molecular complexity index is 383. The second-order valence-corrected chi connectivity index (χ2v) is 1.44. The largest absolute Gasteiger partial charge is 0.477 e. The van der Waals surface area contributed by atoms with E-state index < -0.39 is 35.7 Å². The molecule has 0 saturated heterocycles. The molecular formula is C6H4FNO2. The van der Waals surface area contributed by atoms with Gasteiger partial charge in [0.15, 0.2) is 0 Å². The predicted octanol–water partition coefficient (Wildman–Crippen LogP) is 0.919. The zero-order chi connectivity index (χ0) is 10.2. The van der Waals surface area contributed by atoms with Crippen LogP contribution in [0.15, 0.2) is 18.3 Å². The minimum Gasteiger partial charge on any atom is -0.477 e. The zero-order valence-corrected chi connectivity index (χ0v) is 4.68. The zero-order valence-electron chi connectivity index (χ0n) is 7.68. The Kier molecular flexibility index (Phi) is 0.887. The second-order valence-electron chi connectivity index (χ2n) is 1.44. The highest BCUT2D eigenvalue weighted by atomic mass is 19.1. The average molecular weight is 144 g/mol. The highest BCUT2D eigenvalue weighted by Gasteiger charge is 2.01. The number of halogens is 1. The molecule has 3 nitrogen and oxygen atoms in total. The lowest BCUT2D eigenvalue weighted by atomic mass is 10.3. The van der Waals surface area contributed by atoms with Gasteiger partial charge in [0.05, 0.1) is 10.3 Å². The number of rotatable bonds is 1. The van der Waals surface area contributed by atoms with Crippen molar-refractivity contribution >= 4 is 5.97 Å². The topological polar surface area (TPSA) is 50.2 Å². The third-order valence-electron chi connectivity index (χ3n) is 0.759. The number of carbonyl (C=O) groups is 1. The molecule has 0 fully saturated rings. The van der Waals surface area contributed by atoms with Crippen LogP contribution in [-0.4, -0.2) is 16.1 Å². The predicted molar refractivity (Wildman–Crippen MR) is 31.2 cm³/mol. The molecule has 0 unspecified atom stereocenters. The Morgan fingerprint density at radius 2 is 2.50 bits per heavy atom. The molecule has 1 aromatic heterocycles. The maximum atomic E-state index is 12.7. The van der Waals surface area contributed by atoms with Crippen molar-refractivity contribution in [2.75, 3.05) is 0 Å². The number of nitrogens with zero attached hydrogens (tertiary/aromatic N) is 1. The van der Waals surface area contributed by atoms with E-state index in [1.807, 2.05) is 0 Å². The summed E-state index contributed by atoms with van der Waals surface area (Å²) in [6, 6.07) is -1.74. The SMILES string of the molecule is [2H]c1nc(C(=O)O)c([2H])c([2H])c1F. The van der Waals surface area contributed by atoms with Gasteiger partial charge in [0.1, 0.15) is 11.5 Å². The molecule has 0 aromatic carbocycles. The van der Waals surface area contributed by atoms with Crippen molar-refractivity contribution in [3.8, 4) is 0 Å². The first-order valence-electron chi connectivity index (χ1n) is 3.81. The van der Waals surface area contributed by atoms with E-state index in [2.05, 4.69) is 4.98 Å². The van der Waals surface area contributed by atoms with Crippen molar-refractivity contribution in [1.29, 1.82) is 0 Å². The normalized spacial score (nSPS) is 13.5. The Labute approximate surface area is 60.4 Å². The van der Waals surface area contributed by atoms with Gasteiger partial charge in [0.25, 0.3) is 0 Å². The second kappa shape index (κ2) is 2.43. The molecule has 0 aliphatic carbocycles. The number of pyridine rings is 1. The summed E-state index contributed by atoms with van der Waals surface area (Å²) in [5.74, 6) is -2.83. The van der Waals surface area contributed by atoms with Crippen molar-refractivity contribution in [2.24, 2.45) is 0 Å². The van der Waals surface area contributed by atoms with E-state index >= 15 is 0 Å². The van der Waals surface area contributed by atoms with Crippen LogP contribution in [-0.2, 0) is 0 Å². The molecule has 1 N–H and O–H groups in total. The summed E-state index contributed by atoms with van der Waals surface area (Å²) < 4.78 is 33.5. The molecule has 1 aromatic rings. The van der Waals surface area contributed by atoms with E-state index in [1.165, 1.54) is 0 Å². The maximum absolute atomic E-state index is 12.7. The number of carboxylic acids is 1. The van der Waals surface area contributed by atoms with Gasteiger partial charge >= 0.3 is 5.97 Å². The number of aromatic carboxylic acids is 1. The molecular weight excluding hydrogens is 137 g/mol. The average Bonchev–Trinajstić information content (AvgIpc) is 2.07. The van der Waals surface area contributed by atoms with Crippen LogP contribution in [0.1, 0.15) is 14.6 Å². The Balaban J connectivity index is 3.50. The van der Waals surface area contributed by atoms with Crippen LogP contribution >= 0.6 is 0 Å². The molecule has 0 atom stereocenters. The number of hydrogen-bond acceptors (Lipinski definition) is 2. The number of carboxylic acid groups (broad SMARTS) is 1.